The van der Waals surface area contributed by atoms with E-state index in [2.05, 4.69) is 20.3 Å². The standard InChI is InChI=1S/C16H22N4O3S/c21-15(19-12-7-10-17-11-8-12)6-3-9-18-16-13-4-1-2-5-14(13)24(22,23)20-16/h1-2,4-5,12,17H,3,6-11H2,(H,18,20)(H,19,21). The number of hydrogen-bond acceptors (Lipinski definition) is 5. The molecule has 0 bridgehead atoms. The highest BCUT2D eigenvalue weighted by Crippen LogP contribution is 2.22. The van der Waals surface area contributed by atoms with Gasteiger partial charge in [0.2, 0.25) is 5.91 Å². The van der Waals surface area contributed by atoms with Crippen molar-refractivity contribution in [3.8, 4) is 0 Å². The van der Waals surface area contributed by atoms with Crippen LogP contribution < -0.4 is 15.4 Å². The van der Waals surface area contributed by atoms with Crippen molar-refractivity contribution in [1.82, 2.24) is 15.4 Å². The summed E-state index contributed by atoms with van der Waals surface area (Å²) >= 11 is 0. The first-order chi connectivity index (χ1) is 11.6. The molecule has 3 N–H and O–H groups in total. The SMILES string of the molecule is O=C(CCCN=C1NS(=O)(=O)c2ccccc21)NC1CCNCC1. The fourth-order valence-corrected chi connectivity index (χ4v) is 4.20. The first-order valence-corrected chi connectivity index (χ1v) is 9.71. The van der Waals surface area contributed by atoms with E-state index >= 15 is 0 Å². The number of amidine groups is 1. The number of piperidine rings is 1. The Hall–Kier alpha value is -1.93. The molecule has 0 radical (unpaired) electrons. The summed E-state index contributed by atoms with van der Waals surface area (Å²) in [5.74, 6) is 0.402. The summed E-state index contributed by atoms with van der Waals surface area (Å²) in [5, 5.41) is 6.30. The van der Waals surface area contributed by atoms with Gasteiger partial charge in [0.05, 0.1) is 4.90 Å². The summed E-state index contributed by atoms with van der Waals surface area (Å²) in [5.41, 5.74) is 0.594. The minimum atomic E-state index is -3.49. The molecule has 0 spiro atoms. The Bertz CT molecular complexity index is 739. The number of fused-ring (bicyclic) bond motifs is 1. The third-order valence-electron chi connectivity index (χ3n) is 4.20. The van der Waals surface area contributed by atoms with Crippen molar-refractivity contribution in [2.24, 2.45) is 4.99 Å². The first kappa shape index (κ1) is 16.9. The number of aliphatic imine (C=N–C) groups is 1. The van der Waals surface area contributed by atoms with Crippen LogP contribution in [0.3, 0.4) is 0 Å². The number of amides is 1. The van der Waals surface area contributed by atoms with Gasteiger partial charge >= 0.3 is 0 Å². The molecule has 2 aliphatic heterocycles. The topological polar surface area (TPSA) is 99.7 Å². The van der Waals surface area contributed by atoms with Crippen molar-refractivity contribution in [3.05, 3.63) is 29.8 Å². The van der Waals surface area contributed by atoms with Crippen LogP contribution in [0.5, 0.6) is 0 Å². The summed E-state index contributed by atoms with van der Waals surface area (Å²) in [7, 11) is -3.49. The van der Waals surface area contributed by atoms with Crippen LogP contribution in [-0.2, 0) is 14.8 Å². The lowest BCUT2D eigenvalue weighted by Crippen LogP contribution is -2.42. The summed E-state index contributed by atoms with van der Waals surface area (Å²) in [4.78, 5) is 16.5. The Kier molecular flexibility index (Phi) is 5.15. The van der Waals surface area contributed by atoms with Crippen molar-refractivity contribution in [1.29, 1.82) is 0 Å². The lowest BCUT2D eigenvalue weighted by atomic mass is 10.1. The number of sulfonamides is 1. The van der Waals surface area contributed by atoms with E-state index in [0.717, 1.165) is 25.9 Å². The molecule has 1 saturated heterocycles. The largest absolute Gasteiger partial charge is 0.353 e. The number of nitrogens with zero attached hydrogens (tertiary/aromatic N) is 1. The maximum atomic E-state index is 12.0. The molecule has 0 atom stereocenters. The molecule has 1 fully saturated rings. The van der Waals surface area contributed by atoms with Crippen molar-refractivity contribution < 1.29 is 13.2 Å². The van der Waals surface area contributed by atoms with Crippen LogP contribution >= 0.6 is 0 Å². The van der Waals surface area contributed by atoms with E-state index < -0.39 is 10.0 Å². The summed E-state index contributed by atoms with van der Waals surface area (Å²) in [6.07, 6.45) is 2.92. The van der Waals surface area contributed by atoms with Crippen LogP contribution in [0.1, 0.15) is 31.2 Å². The van der Waals surface area contributed by atoms with Crippen LogP contribution in [0.15, 0.2) is 34.2 Å². The maximum absolute atomic E-state index is 12.0. The zero-order valence-electron chi connectivity index (χ0n) is 13.4. The van der Waals surface area contributed by atoms with E-state index in [9.17, 15) is 13.2 Å². The molecule has 0 aromatic heterocycles. The van der Waals surface area contributed by atoms with Crippen LogP contribution in [0.4, 0.5) is 0 Å². The second-order valence-electron chi connectivity index (χ2n) is 6.03. The highest BCUT2D eigenvalue weighted by atomic mass is 32.2. The fraction of sp³-hybridized carbons (Fsp3) is 0.500. The molecule has 1 aromatic carbocycles. The second-order valence-corrected chi connectivity index (χ2v) is 7.68. The Balaban J connectivity index is 1.49. The minimum Gasteiger partial charge on any atom is -0.353 e. The molecule has 130 valence electrons. The van der Waals surface area contributed by atoms with Gasteiger partial charge in [-0.15, -0.1) is 0 Å². The van der Waals surface area contributed by atoms with Crippen LogP contribution in [0, 0.1) is 0 Å². The number of hydrogen-bond donors (Lipinski definition) is 3. The number of rotatable bonds is 5. The molecule has 3 rings (SSSR count). The van der Waals surface area contributed by atoms with Gasteiger partial charge < -0.3 is 10.6 Å². The van der Waals surface area contributed by atoms with Gasteiger partial charge in [-0.3, -0.25) is 14.5 Å². The molecule has 1 amide bonds. The number of benzene rings is 1. The van der Waals surface area contributed by atoms with Crippen LogP contribution in [0.25, 0.3) is 0 Å². The van der Waals surface area contributed by atoms with Crippen molar-refractivity contribution in [2.75, 3.05) is 19.6 Å². The van der Waals surface area contributed by atoms with E-state index in [0.29, 0.717) is 30.8 Å². The molecule has 0 unspecified atom stereocenters. The van der Waals surface area contributed by atoms with Gasteiger partial charge in [0, 0.05) is 24.6 Å². The number of nitrogens with one attached hydrogen (secondary N) is 3. The van der Waals surface area contributed by atoms with Crippen LogP contribution in [0.2, 0.25) is 0 Å². The Labute approximate surface area is 142 Å². The van der Waals surface area contributed by atoms with E-state index in [1.165, 1.54) is 0 Å². The molecule has 2 aliphatic rings. The smallest absolute Gasteiger partial charge is 0.263 e. The van der Waals surface area contributed by atoms with Crippen molar-refractivity contribution in [3.63, 3.8) is 0 Å². The average molecular weight is 350 g/mol. The van der Waals surface area contributed by atoms with Gasteiger partial charge in [0.15, 0.2) is 0 Å². The van der Waals surface area contributed by atoms with Gasteiger partial charge in [-0.1, -0.05) is 12.1 Å². The molecule has 0 aliphatic carbocycles. The molecule has 1 aromatic rings. The molecule has 24 heavy (non-hydrogen) atoms. The Morgan fingerprint density at radius 3 is 2.79 bits per heavy atom. The number of carbonyl (C=O) groups excluding carboxylic acids is 1. The fourth-order valence-electron chi connectivity index (χ4n) is 2.95. The van der Waals surface area contributed by atoms with E-state index in [1.807, 2.05) is 0 Å². The van der Waals surface area contributed by atoms with Crippen molar-refractivity contribution in [2.45, 2.75) is 36.6 Å². The van der Waals surface area contributed by atoms with Gasteiger partial charge in [-0.25, -0.2) is 8.42 Å². The minimum absolute atomic E-state index is 0.0366. The average Bonchev–Trinajstić information content (AvgIpc) is 2.84. The van der Waals surface area contributed by atoms with Gasteiger partial charge in [-0.05, 0) is 44.5 Å². The predicted octanol–water partition coefficient (Wildman–Crippen LogP) is 0.374. The summed E-state index contributed by atoms with van der Waals surface area (Å²) < 4.78 is 26.4. The van der Waals surface area contributed by atoms with Crippen molar-refractivity contribution >= 4 is 21.8 Å². The molecular weight excluding hydrogens is 328 g/mol. The highest BCUT2D eigenvalue weighted by Gasteiger charge is 2.29. The molecule has 0 saturated carbocycles. The highest BCUT2D eigenvalue weighted by molar-refractivity contribution is 7.90. The summed E-state index contributed by atoms with van der Waals surface area (Å²) in [6.45, 7) is 2.29. The third-order valence-corrected chi connectivity index (χ3v) is 5.60. The maximum Gasteiger partial charge on any atom is 0.263 e. The van der Waals surface area contributed by atoms with Crippen LogP contribution in [-0.4, -0.2) is 45.8 Å². The lowest BCUT2D eigenvalue weighted by Gasteiger charge is -2.23. The lowest BCUT2D eigenvalue weighted by molar-refractivity contribution is -0.122. The normalized spacial score (nSPS) is 21.2. The summed E-state index contributed by atoms with van der Waals surface area (Å²) in [6, 6.07) is 7.02. The quantitative estimate of drug-likeness (QED) is 0.668. The van der Waals surface area contributed by atoms with Gasteiger partial charge in [-0.2, -0.15) is 0 Å². The number of carbonyl (C=O) groups is 1. The zero-order chi connectivity index (χ0) is 17.0. The molecule has 2 heterocycles. The molecular formula is C16H22N4O3S. The van der Waals surface area contributed by atoms with Gasteiger partial charge in [0.1, 0.15) is 5.84 Å². The second kappa shape index (κ2) is 7.31. The first-order valence-electron chi connectivity index (χ1n) is 8.23. The van der Waals surface area contributed by atoms with Gasteiger partial charge in [0.25, 0.3) is 10.0 Å². The van der Waals surface area contributed by atoms with E-state index in [-0.39, 0.29) is 16.8 Å². The Morgan fingerprint density at radius 1 is 1.25 bits per heavy atom. The predicted molar refractivity (Wildman–Crippen MR) is 91.4 cm³/mol. The third kappa shape index (κ3) is 3.93. The van der Waals surface area contributed by atoms with E-state index in [1.54, 1.807) is 24.3 Å². The molecule has 7 nitrogen and oxygen atoms in total. The molecule has 8 heteroatoms. The van der Waals surface area contributed by atoms with E-state index in [4.69, 9.17) is 0 Å². The Morgan fingerprint density at radius 2 is 2.00 bits per heavy atom. The monoisotopic (exact) mass is 350 g/mol. The zero-order valence-corrected chi connectivity index (χ0v) is 14.2.